The molecule has 2 amide bonds. The summed E-state index contributed by atoms with van der Waals surface area (Å²) in [5, 5.41) is 10.9. The summed E-state index contributed by atoms with van der Waals surface area (Å²) in [6.07, 6.45) is 3.99. The number of imide groups is 1. The van der Waals surface area contributed by atoms with Gasteiger partial charge in [-0.15, -0.1) is 0 Å². The molecule has 2 aromatic carbocycles. The van der Waals surface area contributed by atoms with Crippen molar-refractivity contribution in [1.29, 1.82) is 0 Å². The lowest BCUT2D eigenvalue weighted by atomic mass is 9.59. The zero-order chi connectivity index (χ0) is 27.9. The number of rotatable bonds is 2. The minimum atomic E-state index is -0.650. The third-order valence-corrected chi connectivity index (χ3v) is 9.23. The summed E-state index contributed by atoms with van der Waals surface area (Å²) in [7, 11) is 0. The van der Waals surface area contributed by atoms with Crippen LogP contribution in [0.4, 0.5) is 5.69 Å². The first-order valence-electron chi connectivity index (χ1n) is 13.1. The number of hydrogen-bond donors (Lipinski definition) is 1. The molecule has 4 aliphatic rings. The highest BCUT2D eigenvalue weighted by Crippen LogP contribution is 2.55. The zero-order valence-corrected chi connectivity index (χ0v) is 22.9. The highest BCUT2D eigenvalue weighted by molar-refractivity contribution is 6.32. The van der Waals surface area contributed by atoms with Gasteiger partial charge in [-0.1, -0.05) is 41.4 Å². The number of anilines is 1. The molecule has 0 saturated carbocycles. The number of Topliss-reactive ketones (excluding diaryl/α,β-unsaturated/α-hetero) is 1. The van der Waals surface area contributed by atoms with E-state index in [1.807, 2.05) is 25.1 Å². The Labute approximate surface area is 231 Å². The van der Waals surface area contributed by atoms with Gasteiger partial charge in [0.1, 0.15) is 5.75 Å². The van der Waals surface area contributed by atoms with Crippen LogP contribution in [-0.4, -0.2) is 28.5 Å². The molecule has 1 saturated heterocycles. The van der Waals surface area contributed by atoms with Crippen LogP contribution in [0.2, 0.25) is 5.02 Å². The Morgan fingerprint density at radius 3 is 2.26 bits per heavy atom. The predicted octanol–water partition coefficient (Wildman–Crippen LogP) is 5.60. The Kier molecular flexibility index (Phi) is 5.81. The first-order chi connectivity index (χ1) is 18.5. The van der Waals surface area contributed by atoms with Crippen LogP contribution in [0, 0.1) is 38.5 Å². The number of nitrogens with zero attached hydrogens (tertiary/aromatic N) is 1. The number of fused-ring (bicyclic) bond motifs is 3. The number of carbonyl (C=O) groups is 4. The van der Waals surface area contributed by atoms with Crippen LogP contribution in [0.5, 0.6) is 5.75 Å². The van der Waals surface area contributed by atoms with E-state index in [2.05, 4.69) is 0 Å². The quantitative estimate of drug-likeness (QED) is 0.303. The van der Waals surface area contributed by atoms with E-state index in [1.165, 1.54) is 11.0 Å². The van der Waals surface area contributed by atoms with Gasteiger partial charge in [0.2, 0.25) is 11.8 Å². The summed E-state index contributed by atoms with van der Waals surface area (Å²) >= 11 is 6.34. The Hall–Kier alpha value is -3.77. The normalized spacial score (nSPS) is 26.3. The van der Waals surface area contributed by atoms with Crippen molar-refractivity contribution in [3.63, 3.8) is 0 Å². The number of halogens is 1. The molecule has 0 aromatic heterocycles. The predicted molar refractivity (Wildman–Crippen MR) is 148 cm³/mol. The number of allylic oxidation sites excluding steroid dienone is 6. The molecule has 0 unspecified atom stereocenters. The minimum Gasteiger partial charge on any atom is -0.507 e. The number of carbonyl (C=O) groups excluding carboxylic acids is 4. The van der Waals surface area contributed by atoms with Crippen LogP contribution < -0.4 is 4.90 Å². The number of amides is 2. The lowest BCUT2D eigenvalue weighted by Gasteiger charge is -2.42. The summed E-state index contributed by atoms with van der Waals surface area (Å²) in [4.78, 5) is 55.7. The average Bonchev–Trinajstić information content (AvgIpc) is 3.15. The number of hydrogen-bond acceptors (Lipinski definition) is 5. The maximum absolute atomic E-state index is 14.0. The molecule has 6 rings (SSSR count). The summed E-state index contributed by atoms with van der Waals surface area (Å²) in [5.74, 6) is -2.94. The first-order valence-corrected chi connectivity index (χ1v) is 13.5. The second-order valence-corrected chi connectivity index (χ2v) is 11.6. The topological polar surface area (TPSA) is 91.8 Å². The Balaban J connectivity index is 1.50. The molecule has 0 radical (unpaired) electrons. The lowest BCUT2D eigenvalue weighted by Crippen LogP contribution is -2.39. The van der Waals surface area contributed by atoms with Gasteiger partial charge in [0.25, 0.3) is 0 Å². The van der Waals surface area contributed by atoms with Gasteiger partial charge in [0.15, 0.2) is 11.6 Å². The second kappa shape index (κ2) is 8.88. The molecule has 7 heteroatoms. The highest BCUT2D eigenvalue weighted by Gasteiger charge is 2.56. The van der Waals surface area contributed by atoms with E-state index in [9.17, 15) is 24.3 Å². The van der Waals surface area contributed by atoms with E-state index in [-0.39, 0.29) is 35.6 Å². The molecular formula is C32H28ClNO5. The maximum Gasteiger partial charge on any atom is 0.238 e. The number of ketones is 2. The van der Waals surface area contributed by atoms with Crippen molar-refractivity contribution in [2.75, 3.05) is 4.90 Å². The van der Waals surface area contributed by atoms with E-state index < -0.39 is 23.7 Å². The minimum absolute atomic E-state index is 0.184. The van der Waals surface area contributed by atoms with Crippen molar-refractivity contribution in [2.24, 2.45) is 17.8 Å². The molecule has 1 aliphatic heterocycles. The summed E-state index contributed by atoms with van der Waals surface area (Å²) in [6, 6.07) is 8.85. The second-order valence-electron chi connectivity index (χ2n) is 11.2. The molecule has 2 aromatic rings. The fraction of sp³-hybridized carbons (Fsp3) is 0.312. The van der Waals surface area contributed by atoms with Crippen LogP contribution in [0.3, 0.4) is 0 Å². The molecule has 0 bridgehead atoms. The van der Waals surface area contributed by atoms with E-state index in [4.69, 9.17) is 11.6 Å². The number of phenolic OH excluding ortho intramolecular Hbond substituents is 1. The summed E-state index contributed by atoms with van der Waals surface area (Å²) < 4.78 is 0. The van der Waals surface area contributed by atoms with Gasteiger partial charge in [-0.2, -0.15) is 0 Å². The van der Waals surface area contributed by atoms with E-state index in [1.54, 1.807) is 39.0 Å². The van der Waals surface area contributed by atoms with E-state index in [0.29, 0.717) is 45.0 Å². The van der Waals surface area contributed by atoms with Crippen molar-refractivity contribution in [3.8, 4) is 5.75 Å². The molecule has 6 nitrogen and oxygen atoms in total. The molecule has 3 aliphatic carbocycles. The van der Waals surface area contributed by atoms with Crippen LogP contribution in [0.1, 0.15) is 47.9 Å². The monoisotopic (exact) mass is 541 g/mol. The van der Waals surface area contributed by atoms with Gasteiger partial charge in [-0.05, 0) is 86.9 Å². The molecule has 1 heterocycles. The van der Waals surface area contributed by atoms with Crippen molar-refractivity contribution in [2.45, 2.75) is 46.5 Å². The van der Waals surface area contributed by atoms with Crippen molar-refractivity contribution in [1.82, 2.24) is 0 Å². The standard InChI is InChI=1S/C32H28ClNO5/c1-14-5-6-19(12-24(14)33)34-31(38)21-8-7-20-22(27(21)32(34)39)13-23-28(25(35)11-17(4)30(23)37)26(20)18-9-15(2)29(36)16(3)10-18/h5-7,9-12,21-22,26-27,36H,8,13H2,1-4H3/t21-,22+,26-,27-/m0/s1. The van der Waals surface area contributed by atoms with Crippen molar-refractivity contribution < 1.29 is 24.3 Å². The lowest BCUT2D eigenvalue weighted by molar-refractivity contribution is -0.123. The third-order valence-electron chi connectivity index (χ3n) is 8.82. The largest absolute Gasteiger partial charge is 0.507 e. The molecule has 4 atom stereocenters. The van der Waals surface area contributed by atoms with Crippen LogP contribution in [-0.2, 0) is 19.2 Å². The van der Waals surface area contributed by atoms with Gasteiger partial charge in [-0.25, -0.2) is 4.90 Å². The van der Waals surface area contributed by atoms with Crippen LogP contribution >= 0.6 is 11.6 Å². The van der Waals surface area contributed by atoms with Crippen molar-refractivity contribution in [3.05, 3.63) is 92.1 Å². The molecule has 198 valence electrons. The number of benzene rings is 2. The van der Waals surface area contributed by atoms with Crippen LogP contribution in [0.15, 0.2) is 64.8 Å². The van der Waals surface area contributed by atoms with Crippen molar-refractivity contribution >= 4 is 40.7 Å². The third kappa shape index (κ3) is 3.69. The van der Waals surface area contributed by atoms with Gasteiger partial charge in [-0.3, -0.25) is 19.2 Å². The van der Waals surface area contributed by atoms with E-state index >= 15 is 0 Å². The molecule has 0 spiro atoms. The Morgan fingerprint density at radius 2 is 1.59 bits per heavy atom. The molecule has 1 N–H and O–H groups in total. The van der Waals surface area contributed by atoms with Gasteiger partial charge < -0.3 is 5.11 Å². The van der Waals surface area contributed by atoms with Gasteiger partial charge in [0.05, 0.1) is 17.5 Å². The number of aryl methyl sites for hydroxylation is 3. The van der Waals surface area contributed by atoms with E-state index in [0.717, 1.165) is 16.7 Å². The molecular weight excluding hydrogens is 514 g/mol. The first kappa shape index (κ1) is 25.5. The fourth-order valence-corrected chi connectivity index (χ4v) is 7.07. The Bertz CT molecular complexity index is 1600. The van der Waals surface area contributed by atoms with Crippen LogP contribution in [0.25, 0.3) is 0 Å². The Morgan fingerprint density at radius 1 is 0.897 bits per heavy atom. The number of aromatic hydroxyl groups is 1. The molecule has 39 heavy (non-hydrogen) atoms. The average molecular weight is 542 g/mol. The zero-order valence-electron chi connectivity index (χ0n) is 22.2. The highest BCUT2D eigenvalue weighted by atomic mass is 35.5. The SMILES string of the molecule is CC1=CC(=O)C2=C(C[C@@H]3C(=CC[C@@H]4C(=O)N(c5ccc(C)c(Cl)c5)C(=O)[C@@H]43)[C@@H]2c2cc(C)c(O)c(C)c2)C1=O. The number of phenols is 1. The summed E-state index contributed by atoms with van der Waals surface area (Å²) in [6.45, 7) is 7.09. The summed E-state index contributed by atoms with van der Waals surface area (Å²) in [5.41, 5.74) is 5.54. The van der Waals surface area contributed by atoms with Gasteiger partial charge >= 0.3 is 0 Å². The van der Waals surface area contributed by atoms with Gasteiger partial charge in [0, 0.05) is 27.7 Å². The maximum atomic E-state index is 14.0. The fourth-order valence-electron chi connectivity index (χ4n) is 6.89. The molecule has 1 fully saturated rings. The smallest absolute Gasteiger partial charge is 0.238 e.